The van der Waals surface area contributed by atoms with E-state index < -0.39 is 0 Å². The number of rotatable bonds is 3. The summed E-state index contributed by atoms with van der Waals surface area (Å²) in [5.74, 6) is 0.929. The van der Waals surface area contributed by atoms with Gasteiger partial charge in [0.05, 0.1) is 6.61 Å². The van der Waals surface area contributed by atoms with Crippen LogP contribution < -0.4 is 28.7 Å². The van der Waals surface area contributed by atoms with Crippen LogP contribution in [0.15, 0.2) is 24.3 Å². The first-order valence-corrected chi connectivity index (χ1v) is 4.46. The Morgan fingerprint density at radius 3 is 2.21 bits per heavy atom. The molecule has 0 aliphatic carbocycles. The molecule has 1 rings (SSSR count). The average molecular weight is 305 g/mol. The van der Waals surface area contributed by atoms with Crippen molar-refractivity contribution in [3.05, 3.63) is 29.8 Å². The van der Waals surface area contributed by atoms with Gasteiger partial charge in [-0.15, -0.1) is 0 Å². The first-order valence-electron chi connectivity index (χ1n) is 4.46. The fourth-order valence-electron chi connectivity index (χ4n) is 1.11. The molecule has 78 valence electrons. The molecule has 0 atom stereocenters. The van der Waals surface area contributed by atoms with Gasteiger partial charge in [-0.2, -0.15) is 0 Å². The quantitative estimate of drug-likeness (QED) is 0.387. The molecule has 0 spiro atoms. The van der Waals surface area contributed by atoms with Gasteiger partial charge in [0.15, 0.2) is 6.21 Å². The Labute approximate surface area is 103 Å². The van der Waals surface area contributed by atoms with Crippen molar-refractivity contribution in [1.29, 1.82) is 0 Å². The third-order valence-corrected chi connectivity index (χ3v) is 1.60. The molecule has 0 saturated carbocycles. The van der Waals surface area contributed by atoms with E-state index in [-0.39, 0.29) is 24.0 Å². The largest absolute Gasteiger partial charge is 1.00 e. The van der Waals surface area contributed by atoms with Crippen LogP contribution in [0, 0.1) is 0 Å². The van der Waals surface area contributed by atoms with Gasteiger partial charge in [0, 0.05) is 5.56 Å². The molecule has 2 nitrogen and oxygen atoms in total. The van der Waals surface area contributed by atoms with Crippen LogP contribution in [0.1, 0.15) is 12.5 Å². The third kappa shape index (κ3) is 4.60. The van der Waals surface area contributed by atoms with Crippen LogP contribution in [0.5, 0.6) is 5.75 Å². The molecular weight excluding hydrogens is 289 g/mol. The highest BCUT2D eigenvalue weighted by Crippen LogP contribution is 2.10. The summed E-state index contributed by atoms with van der Waals surface area (Å²) < 4.78 is 7.36. The molecule has 0 saturated heterocycles. The van der Waals surface area contributed by atoms with Crippen molar-refractivity contribution in [1.82, 2.24) is 0 Å². The standard InChI is InChI=1S/C11H16NO.HI/c1-4-13-11-7-5-10(6-8-11)9-12(2)3;/h5-9H,4H2,1-3H3;1H/q+1;/p-1. The van der Waals surface area contributed by atoms with E-state index in [9.17, 15) is 0 Å². The number of hydrogen-bond acceptors (Lipinski definition) is 1. The molecule has 14 heavy (non-hydrogen) atoms. The second-order valence-corrected chi connectivity index (χ2v) is 3.09. The number of nitrogens with zero attached hydrogens (tertiary/aromatic N) is 1. The topological polar surface area (TPSA) is 12.2 Å². The van der Waals surface area contributed by atoms with Crippen molar-refractivity contribution in [2.24, 2.45) is 0 Å². The summed E-state index contributed by atoms with van der Waals surface area (Å²) in [5.41, 5.74) is 1.19. The Kier molecular flexibility index (Phi) is 6.53. The van der Waals surface area contributed by atoms with Crippen LogP contribution in [0.25, 0.3) is 0 Å². The number of ether oxygens (including phenoxy) is 1. The normalized spacial score (nSPS) is 8.79. The van der Waals surface area contributed by atoms with Gasteiger partial charge >= 0.3 is 0 Å². The Balaban J connectivity index is 0.00000169. The van der Waals surface area contributed by atoms with Gasteiger partial charge in [-0.1, -0.05) is 0 Å². The van der Waals surface area contributed by atoms with Crippen LogP contribution in [0.3, 0.4) is 0 Å². The van der Waals surface area contributed by atoms with E-state index in [1.165, 1.54) is 5.56 Å². The fourth-order valence-corrected chi connectivity index (χ4v) is 1.11. The van der Waals surface area contributed by atoms with E-state index in [0.717, 1.165) is 12.4 Å². The summed E-state index contributed by atoms with van der Waals surface area (Å²) in [6.07, 6.45) is 2.07. The molecule has 0 heterocycles. The first-order chi connectivity index (χ1) is 6.22. The summed E-state index contributed by atoms with van der Waals surface area (Å²) in [4.78, 5) is 0. The zero-order chi connectivity index (χ0) is 9.68. The molecule has 0 N–H and O–H groups in total. The summed E-state index contributed by atoms with van der Waals surface area (Å²) >= 11 is 0. The van der Waals surface area contributed by atoms with Crippen LogP contribution in [-0.4, -0.2) is 31.5 Å². The Morgan fingerprint density at radius 1 is 1.21 bits per heavy atom. The van der Waals surface area contributed by atoms with E-state index in [1.807, 2.05) is 49.9 Å². The van der Waals surface area contributed by atoms with Crippen molar-refractivity contribution in [2.45, 2.75) is 6.92 Å². The smallest absolute Gasteiger partial charge is 0.170 e. The van der Waals surface area contributed by atoms with E-state index in [4.69, 9.17) is 4.74 Å². The number of hydrogen-bond donors (Lipinski definition) is 0. The molecule has 0 aromatic heterocycles. The third-order valence-electron chi connectivity index (χ3n) is 1.60. The summed E-state index contributed by atoms with van der Waals surface area (Å²) in [6.45, 7) is 2.70. The van der Waals surface area contributed by atoms with Gasteiger partial charge in [-0.25, -0.2) is 4.58 Å². The summed E-state index contributed by atoms with van der Waals surface area (Å²) in [5, 5.41) is 0. The average Bonchev–Trinajstić information content (AvgIpc) is 2.08. The van der Waals surface area contributed by atoms with Crippen molar-refractivity contribution in [3.63, 3.8) is 0 Å². The molecule has 1 aromatic carbocycles. The molecule has 0 radical (unpaired) electrons. The highest BCUT2D eigenvalue weighted by molar-refractivity contribution is 5.75. The molecule has 0 bridgehead atoms. The van der Waals surface area contributed by atoms with E-state index in [1.54, 1.807) is 0 Å². The van der Waals surface area contributed by atoms with Gasteiger partial charge < -0.3 is 28.7 Å². The lowest BCUT2D eigenvalue weighted by molar-refractivity contribution is -0.458. The SMILES string of the molecule is CCOc1ccc(C=[N+](C)C)cc1.[I-]. The predicted molar refractivity (Wildman–Crippen MR) is 54.9 cm³/mol. The number of halogens is 1. The minimum Gasteiger partial charge on any atom is -1.00 e. The maximum absolute atomic E-state index is 5.34. The molecule has 0 amide bonds. The Hall–Kier alpha value is -0.580. The lowest BCUT2D eigenvalue weighted by atomic mass is 10.2. The highest BCUT2D eigenvalue weighted by atomic mass is 127. The zero-order valence-electron chi connectivity index (χ0n) is 8.83. The second-order valence-electron chi connectivity index (χ2n) is 3.09. The fraction of sp³-hybridized carbons (Fsp3) is 0.364. The predicted octanol–water partition coefficient (Wildman–Crippen LogP) is -1.22. The minimum atomic E-state index is 0. The lowest BCUT2D eigenvalue weighted by Crippen LogP contribution is -3.00. The summed E-state index contributed by atoms with van der Waals surface area (Å²) in [7, 11) is 4.02. The molecule has 1 aromatic rings. The monoisotopic (exact) mass is 305 g/mol. The minimum absolute atomic E-state index is 0. The summed E-state index contributed by atoms with van der Waals surface area (Å²) in [6, 6.07) is 8.06. The van der Waals surface area contributed by atoms with Crippen LogP contribution >= 0.6 is 0 Å². The first kappa shape index (κ1) is 13.4. The van der Waals surface area contributed by atoms with Crippen molar-refractivity contribution >= 4 is 6.21 Å². The maximum atomic E-state index is 5.34. The van der Waals surface area contributed by atoms with Crippen molar-refractivity contribution in [2.75, 3.05) is 20.7 Å². The molecular formula is C11H16INO. The molecule has 0 fully saturated rings. The van der Waals surface area contributed by atoms with Crippen LogP contribution in [-0.2, 0) is 0 Å². The Bertz CT molecular complexity index is 289. The zero-order valence-corrected chi connectivity index (χ0v) is 11.0. The molecule has 0 aliphatic rings. The highest BCUT2D eigenvalue weighted by Gasteiger charge is 1.94. The number of benzene rings is 1. The van der Waals surface area contributed by atoms with Crippen LogP contribution in [0.4, 0.5) is 0 Å². The van der Waals surface area contributed by atoms with Gasteiger partial charge in [-0.05, 0) is 31.2 Å². The van der Waals surface area contributed by atoms with Gasteiger partial charge in [0.2, 0.25) is 0 Å². The lowest BCUT2D eigenvalue weighted by Gasteiger charge is -2.01. The van der Waals surface area contributed by atoms with Crippen molar-refractivity contribution in [3.8, 4) is 5.75 Å². The Morgan fingerprint density at radius 2 is 1.79 bits per heavy atom. The second kappa shape index (κ2) is 6.81. The maximum Gasteiger partial charge on any atom is 0.170 e. The van der Waals surface area contributed by atoms with E-state index >= 15 is 0 Å². The van der Waals surface area contributed by atoms with Crippen LogP contribution in [0.2, 0.25) is 0 Å². The van der Waals surface area contributed by atoms with E-state index in [2.05, 4.69) is 6.21 Å². The van der Waals surface area contributed by atoms with Crippen molar-refractivity contribution < 1.29 is 33.3 Å². The van der Waals surface area contributed by atoms with Gasteiger partial charge in [0.25, 0.3) is 0 Å². The van der Waals surface area contributed by atoms with Gasteiger partial charge in [0.1, 0.15) is 19.8 Å². The molecule has 3 heteroatoms. The molecule has 0 unspecified atom stereocenters. The van der Waals surface area contributed by atoms with E-state index in [0.29, 0.717) is 0 Å². The molecule has 0 aliphatic heterocycles. The van der Waals surface area contributed by atoms with Gasteiger partial charge in [-0.3, -0.25) is 0 Å².